The van der Waals surface area contributed by atoms with Gasteiger partial charge in [-0.25, -0.2) is 0 Å². The van der Waals surface area contributed by atoms with E-state index in [1.807, 2.05) is 0 Å². The first kappa shape index (κ1) is 13.2. The van der Waals surface area contributed by atoms with E-state index in [-0.39, 0.29) is 6.54 Å². The molecule has 84 valence electrons. The zero-order valence-corrected chi connectivity index (χ0v) is 8.36. The Balaban J connectivity index is 4.45. The molecule has 0 aliphatic carbocycles. The third-order valence-electron chi connectivity index (χ3n) is 2.11. The van der Waals surface area contributed by atoms with Gasteiger partial charge in [-0.15, -0.1) is 0 Å². The van der Waals surface area contributed by atoms with Crippen LogP contribution in [-0.4, -0.2) is 36.5 Å². The van der Waals surface area contributed by atoms with Gasteiger partial charge in [-0.1, -0.05) is 13.8 Å². The van der Waals surface area contributed by atoms with Gasteiger partial charge in [-0.05, 0) is 13.1 Å². The Hall–Kier alpha value is -0.780. The van der Waals surface area contributed by atoms with E-state index in [1.165, 1.54) is 0 Å². The van der Waals surface area contributed by atoms with Crippen molar-refractivity contribution in [2.24, 2.45) is 11.7 Å². The monoisotopic (exact) mass is 211 g/mol. The second-order valence-corrected chi connectivity index (χ2v) is 3.04. The summed E-state index contributed by atoms with van der Waals surface area (Å²) >= 11 is 0. The number of rotatable bonds is 5. The highest BCUT2D eigenvalue weighted by Gasteiger charge is 2.42. The van der Waals surface area contributed by atoms with E-state index in [4.69, 9.17) is 11.1 Å². The summed E-state index contributed by atoms with van der Waals surface area (Å²) in [5.74, 6) is -2.66. The Morgan fingerprint density at radius 1 is 1.36 bits per heavy atom. The number of nitrogens with two attached hydrogens (primary N) is 1. The van der Waals surface area contributed by atoms with Gasteiger partial charge >= 0.3 is 6.18 Å². The number of hydrogen-bond donors (Lipinski definition) is 2. The van der Waals surface area contributed by atoms with Crippen LogP contribution in [0, 0.1) is 11.3 Å². The van der Waals surface area contributed by atoms with Crippen LogP contribution >= 0.6 is 0 Å². The summed E-state index contributed by atoms with van der Waals surface area (Å²) in [7, 11) is 0. The summed E-state index contributed by atoms with van der Waals surface area (Å²) in [6.45, 7) is 4.37. The van der Waals surface area contributed by atoms with Crippen molar-refractivity contribution in [3.8, 4) is 0 Å². The molecule has 0 aromatic rings. The van der Waals surface area contributed by atoms with E-state index < -0.39 is 17.9 Å². The molecule has 0 fully saturated rings. The second-order valence-electron chi connectivity index (χ2n) is 3.04. The van der Waals surface area contributed by atoms with Crippen molar-refractivity contribution in [1.29, 1.82) is 5.41 Å². The van der Waals surface area contributed by atoms with E-state index in [9.17, 15) is 13.2 Å². The molecule has 14 heavy (non-hydrogen) atoms. The molecule has 1 atom stereocenters. The zero-order valence-electron chi connectivity index (χ0n) is 8.36. The fourth-order valence-corrected chi connectivity index (χ4v) is 1.12. The lowest BCUT2D eigenvalue weighted by atomic mass is 10.1. The topological polar surface area (TPSA) is 53.1 Å². The van der Waals surface area contributed by atoms with Crippen molar-refractivity contribution in [3.63, 3.8) is 0 Å². The van der Waals surface area contributed by atoms with Gasteiger partial charge in [0.1, 0.15) is 11.8 Å². The second kappa shape index (κ2) is 5.19. The molecular weight excluding hydrogens is 195 g/mol. The van der Waals surface area contributed by atoms with E-state index in [0.717, 1.165) is 0 Å². The fraction of sp³-hybridized carbons (Fsp3) is 0.875. The quantitative estimate of drug-likeness (QED) is 0.534. The number of alkyl halides is 3. The lowest BCUT2D eigenvalue weighted by molar-refractivity contribution is -0.159. The first-order valence-electron chi connectivity index (χ1n) is 4.45. The summed E-state index contributed by atoms with van der Waals surface area (Å²) in [4.78, 5) is 1.60. The number of nitrogens with zero attached hydrogens (tertiary/aromatic N) is 1. The molecule has 0 aliphatic heterocycles. The molecule has 0 heterocycles. The third-order valence-corrected chi connectivity index (χ3v) is 2.11. The Kier molecular flexibility index (Phi) is 4.90. The predicted octanol–water partition coefficient (Wildman–Crippen LogP) is 1.44. The van der Waals surface area contributed by atoms with Gasteiger partial charge < -0.3 is 10.6 Å². The minimum atomic E-state index is -4.42. The van der Waals surface area contributed by atoms with Crippen molar-refractivity contribution >= 4 is 5.84 Å². The van der Waals surface area contributed by atoms with Gasteiger partial charge in [0.25, 0.3) is 0 Å². The van der Waals surface area contributed by atoms with Gasteiger partial charge in [0.15, 0.2) is 0 Å². The molecule has 0 rings (SSSR count). The van der Waals surface area contributed by atoms with Crippen molar-refractivity contribution < 1.29 is 13.2 Å². The summed E-state index contributed by atoms with van der Waals surface area (Å²) in [6.07, 6.45) is -4.42. The lowest BCUT2D eigenvalue weighted by Crippen LogP contribution is -2.43. The summed E-state index contributed by atoms with van der Waals surface area (Å²) in [5.41, 5.74) is 4.92. The average Bonchev–Trinajstić information content (AvgIpc) is 2.03. The summed E-state index contributed by atoms with van der Waals surface area (Å²) in [5, 5.41) is 6.88. The maximum atomic E-state index is 12.4. The molecular formula is C8H16F3N3. The maximum absolute atomic E-state index is 12.4. The number of nitrogens with one attached hydrogen (secondary N) is 1. The number of hydrogen-bond acceptors (Lipinski definition) is 2. The molecule has 0 amide bonds. The van der Waals surface area contributed by atoms with Crippen molar-refractivity contribution in [1.82, 2.24) is 4.90 Å². The van der Waals surface area contributed by atoms with Crippen LogP contribution in [0.5, 0.6) is 0 Å². The molecule has 0 saturated heterocycles. The van der Waals surface area contributed by atoms with Crippen molar-refractivity contribution in [2.75, 3.05) is 19.6 Å². The molecule has 0 aromatic heterocycles. The van der Waals surface area contributed by atoms with Gasteiger partial charge in [0.2, 0.25) is 0 Å². The SMILES string of the molecule is CCN(CC)CC(C(=N)N)C(F)(F)F. The molecule has 3 N–H and O–H groups in total. The van der Waals surface area contributed by atoms with Crippen LogP contribution in [0.1, 0.15) is 13.8 Å². The first-order chi connectivity index (χ1) is 6.32. The Morgan fingerprint density at radius 2 is 1.79 bits per heavy atom. The van der Waals surface area contributed by atoms with E-state index in [1.54, 1.807) is 18.7 Å². The summed E-state index contributed by atoms with van der Waals surface area (Å²) in [6, 6.07) is 0. The van der Waals surface area contributed by atoms with Crippen LogP contribution in [0.3, 0.4) is 0 Å². The van der Waals surface area contributed by atoms with E-state index >= 15 is 0 Å². The van der Waals surface area contributed by atoms with Crippen LogP contribution in [0.25, 0.3) is 0 Å². The average molecular weight is 211 g/mol. The number of halogens is 3. The van der Waals surface area contributed by atoms with Crippen molar-refractivity contribution in [3.05, 3.63) is 0 Å². The molecule has 6 heteroatoms. The van der Waals surface area contributed by atoms with E-state index in [0.29, 0.717) is 13.1 Å². The molecule has 0 spiro atoms. The van der Waals surface area contributed by atoms with Crippen LogP contribution < -0.4 is 5.73 Å². The largest absolute Gasteiger partial charge is 0.399 e. The zero-order chi connectivity index (χ0) is 11.4. The van der Waals surface area contributed by atoms with E-state index in [2.05, 4.69) is 0 Å². The van der Waals surface area contributed by atoms with Crippen LogP contribution in [0.15, 0.2) is 0 Å². The molecule has 0 saturated carbocycles. The Morgan fingerprint density at radius 3 is 2.00 bits per heavy atom. The van der Waals surface area contributed by atoms with Crippen molar-refractivity contribution in [2.45, 2.75) is 20.0 Å². The minimum absolute atomic E-state index is 0.230. The Labute approximate surface area is 81.6 Å². The maximum Gasteiger partial charge on any atom is 0.399 e. The van der Waals surface area contributed by atoms with Gasteiger partial charge in [0, 0.05) is 6.54 Å². The molecule has 1 unspecified atom stereocenters. The third kappa shape index (κ3) is 3.95. The van der Waals surface area contributed by atoms with Crippen LogP contribution in [0.2, 0.25) is 0 Å². The highest BCUT2D eigenvalue weighted by atomic mass is 19.4. The van der Waals surface area contributed by atoms with Gasteiger partial charge in [0.05, 0.1) is 0 Å². The van der Waals surface area contributed by atoms with Gasteiger partial charge in [-0.3, -0.25) is 5.41 Å². The summed E-state index contributed by atoms with van der Waals surface area (Å²) < 4.78 is 37.1. The standard InChI is InChI=1S/C8H16F3N3/c1-3-14(4-2)5-6(7(12)13)8(9,10)11/h6H,3-5H2,1-2H3,(H3,12,13). The minimum Gasteiger partial charge on any atom is -0.387 e. The van der Waals surface area contributed by atoms with Crippen LogP contribution in [-0.2, 0) is 0 Å². The molecule has 0 aliphatic rings. The molecule has 0 aromatic carbocycles. The van der Waals surface area contributed by atoms with Gasteiger partial charge in [-0.2, -0.15) is 13.2 Å². The predicted molar refractivity (Wildman–Crippen MR) is 49.2 cm³/mol. The first-order valence-corrected chi connectivity index (χ1v) is 4.45. The highest BCUT2D eigenvalue weighted by molar-refractivity contribution is 5.80. The fourth-order valence-electron chi connectivity index (χ4n) is 1.12. The molecule has 0 radical (unpaired) electrons. The van der Waals surface area contributed by atoms with Crippen LogP contribution in [0.4, 0.5) is 13.2 Å². The Bertz CT molecular complexity index is 187. The molecule has 3 nitrogen and oxygen atoms in total. The molecule has 0 bridgehead atoms. The lowest BCUT2D eigenvalue weighted by Gasteiger charge is -2.25. The highest BCUT2D eigenvalue weighted by Crippen LogP contribution is 2.26. The number of amidine groups is 1. The smallest absolute Gasteiger partial charge is 0.387 e. The normalized spacial score (nSPS) is 14.4.